The Labute approximate surface area is 152 Å². The molecule has 0 saturated carbocycles. The predicted molar refractivity (Wildman–Crippen MR) is 104 cm³/mol. The minimum atomic E-state index is -0.117. The molecule has 1 amide bonds. The molecule has 3 rings (SSSR count). The number of hydrogen-bond acceptors (Lipinski definition) is 3. The van der Waals surface area contributed by atoms with Gasteiger partial charge in [-0.3, -0.25) is 4.79 Å². The van der Waals surface area contributed by atoms with Gasteiger partial charge < -0.3 is 9.88 Å². The molecule has 1 N–H and O–H groups in total. The van der Waals surface area contributed by atoms with Gasteiger partial charge in [-0.1, -0.05) is 24.0 Å². The number of hydrogen-bond donors (Lipinski definition) is 1. The molecule has 0 spiro atoms. The highest BCUT2D eigenvalue weighted by Gasteiger charge is 2.22. The van der Waals surface area contributed by atoms with Crippen LogP contribution >= 0.6 is 46.6 Å². The van der Waals surface area contributed by atoms with Crippen LogP contribution in [0.2, 0.25) is 0 Å². The number of aromatic nitrogens is 1. The first-order chi connectivity index (χ1) is 10.5. The molecule has 1 saturated heterocycles. The largest absolute Gasteiger partial charge is 0.318 e. The number of amides is 1. The van der Waals surface area contributed by atoms with E-state index < -0.39 is 0 Å². The maximum atomic E-state index is 11.8. The minimum Gasteiger partial charge on any atom is -0.318 e. The smallest absolute Gasteiger partial charge is 0.263 e. The van der Waals surface area contributed by atoms with Gasteiger partial charge in [0.2, 0.25) is 0 Å². The quantitative estimate of drug-likeness (QED) is 0.432. The van der Waals surface area contributed by atoms with E-state index in [1.165, 1.54) is 15.3 Å². The van der Waals surface area contributed by atoms with Crippen LogP contribution in [0, 0.1) is 17.4 Å². The lowest BCUT2D eigenvalue weighted by Gasteiger charge is -2.09. The van der Waals surface area contributed by atoms with Crippen LogP contribution < -0.4 is 5.32 Å². The second-order valence-electron chi connectivity index (χ2n) is 4.99. The van der Waals surface area contributed by atoms with Crippen LogP contribution in [0.25, 0.3) is 11.8 Å². The monoisotopic (exact) mass is 440 g/mol. The number of benzene rings is 1. The molecule has 1 aromatic heterocycles. The van der Waals surface area contributed by atoms with Crippen molar-refractivity contribution in [2.45, 2.75) is 13.8 Å². The molecule has 1 aromatic carbocycles. The first-order valence-corrected chi connectivity index (χ1v) is 8.96. The number of aryl methyl sites for hydroxylation is 1. The van der Waals surface area contributed by atoms with Gasteiger partial charge in [-0.05, 0) is 78.4 Å². The van der Waals surface area contributed by atoms with Crippen LogP contribution in [-0.4, -0.2) is 14.8 Å². The topological polar surface area (TPSA) is 34.0 Å². The minimum absolute atomic E-state index is 0.117. The first kappa shape index (κ1) is 15.8. The highest BCUT2D eigenvalue weighted by atomic mass is 127. The molecule has 112 valence electrons. The number of nitrogens with zero attached hydrogens (tertiary/aromatic N) is 1. The molecule has 0 unspecified atom stereocenters. The van der Waals surface area contributed by atoms with E-state index in [0.717, 1.165) is 22.6 Å². The summed E-state index contributed by atoms with van der Waals surface area (Å²) >= 11 is 8.64. The number of halogens is 1. The lowest BCUT2D eigenvalue weighted by molar-refractivity contribution is -0.115. The molecule has 1 aliphatic rings. The van der Waals surface area contributed by atoms with Gasteiger partial charge in [0, 0.05) is 20.6 Å². The summed E-state index contributed by atoms with van der Waals surface area (Å²) in [7, 11) is 0. The second-order valence-corrected chi connectivity index (χ2v) is 7.96. The van der Waals surface area contributed by atoms with Gasteiger partial charge in [-0.2, -0.15) is 0 Å². The summed E-state index contributed by atoms with van der Waals surface area (Å²) in [5.74, 6) is -0.117. The average Bonchev–Trinajstić information content (AvgIpc) is 2.92. The molecule has 6 heteroatoms. The molecule has 1 aliphatic heterocycles. The third kappa shape index (κ3) is 3.00. The van der Waals surface area contributed by atoms with Gasteiger partial charge in [-0.15, -0.1) is 0 Å². The number of thioether (sulfide) groups is 1. The normalized spacial score (nSPS) is 16.4. The fourth-order valence-electron chi connectivity index (χ4n) is 2.48. The van der Waals surface area contributed by atoms with Crippen molar-refractivity contribution in [3.05, 3.63) is 55.8 Å². The highest BCUT2D eigenvalue weighted by molar-refractivity contribution is 14.1. The van der Waals surface area contributed by atoms with Crippen LogP contribution in [0.5, 0.6) is 0 Å². The molecular formula is C16H13IN2OS2. The maximum absolute atomic E-state index is 11.8. The van der Waals surface area contributed by atoms with Crippen molar-refractivity contribution in [2.24, 2.45) is 0 Å². The molecule has 3 nitrogen and oxygen atoms in total. The third-order valence-electron chi connectivity index (χ3n) is 3.48. The predicted octanol–water partition coefficient (Wildman–Crippen LogP) is 4.19. The van der Waals surface area contributed by atoms with Crippen LogP contribution in [0.1, 0.15) is 17.0 Å². The lowest BCUT2D eigenvalue weighted by atomic mass is 10.2. The van der Waals surface area contributed by atoms with Crippen LogP contribution in [0.4, 0.5) is 0 Å². The van der Waals surface area contributed by atoms with Gasteiger partial charge >= 0.3 is 0 Å². The summed E-state index contributed by atoms with van der Waals surface area (Å²) in [6.45, 7) is 4.13. The van der Waals surface area contributed by atoms with E-state index in [0.29, 0.717) is 9.23 Å². The Morgan fingerprint density at radius 1 is 1.27 bits per heavy atom. The van der Waals surface area contributed by atoms with Gasteiger partial charge in [0.25, 0.3) is 5.91 Å². The van der Waals surface area contributed by atoms with Crippen molar-refractivity contribution in [2.75, 3.05) is 0 Å². The molecule has 2 aromatic rings. The molecule has 0 radical (unpaired) electrons. The van der Waals surface area contributed by atoms with Crippen LogP contribution in [-0.2, 0) is 4.79 Å². The zero-order chi connectivity index (χ0) is 15.9. The maximum Gasteiger partial charge on any atom is 0.263 e. The van der Waals surface area contributed by atoms with Gasteiger partial charge in [0.05, 0.1) is 4.91 Å². The fourth-order valence-corrected chi connectivity index (χ4v) is 3.88. The van der Waals surface area contributed by atoms with Gasteiger partial charge in [0.1, 0.15) is 4.32 Å². The van der Waals surface area contributed by atoms with E-state index in [9.17, 15) is 4.79 Å². The summed E-state index contributed by atoms with van der Waals surface area (Å²) in [6, 6.07) is 10.5. The number of rotatable bonds is 2. The number of nitrogens with one attached hydrogen (secondary N) is 1. The van der Waals surface area contributed by atoms with Gasteiger partial charge in [0.15, 0.2) is 0 Å². The number of thiocarbonyl (C=S) groups is 1. The lowest BCUT2D eigenvalue weighted by Crippen LogP contribution is -2.17. The SMILES string of the molecule is Cc1cc(C=C2SC(=S)NC2=O)c(C)n1-c1ccc(I)cc1. The average molecular weight is 440 g/mol. The Kier molecular flexibility index (Phi) is 4.42. The van der Waals surface area contributed by atoms with Crippen molar-refractivity contribution in [1.29, 1.82) is 0 Å². The van der Waals surface area contributed by atoms with Crippen molar-refractivity contribution < 1.29 is 4.79 Å². The summed E-state index contributed by atoms with van der Waals surface area (Å²) < 4.78 is 3.92. The Balaban J connectivity index is 2.04. The van der Waals surface area contributed by atoms with Crippen molar-refractivity contribution in [3.8, 4) is 5.69 Å². The van der Waals surface area contributed by atoms with E-state index in [2.05, 4.69) is 76.7 Å². The zero-order valence-corrected chi connectivity index (χ0v) is 15.8. The van der Waals surface area contributed by atoms with Crippen LogP contribution in [0.15, 0.2) is 35.2 Å². The zero-order valence-electron chi connectivity index (χ0n) is 12.0. The Morgan fingerprint density at radius 3 is 2.55 bits per heavy atom. The molecule has 1 fully saturated rings. The molecule has 0 bridgehead atoms. The number of carbonyl (C=O) groups is 1. The summed E-state index contributed by atoms with van der Waals surface area (Å²) in [5.41, 5.74) is 4.41. The standard InChI is InChI=1S/C16H13IN2OS2/c1-9-7-11(8-14-15(20)18-16(21)22-14)10(2)19(9)13-5-3-12(17)4-6-13/h3-8H,1-2H3,(H,18,20,21). The van der Waals surface area contributed by atoms with E-state index in [-0.39, 0.29) is 5.91 Å². The molecule has 0 aliphatic carbocycles. The Hall–Kier alpha value is -1.12. The summed E-state index contributed by atoms with van der Waals surface area (Å²) in [5, 5.41) is 2.65. The Morgan fingerprint density at radius 2 is 1.95 bits per heavy atom. The molecule has 22 heavy (non-hydrogen) atoms. The highest BCUT2D eigenvalue weighted by Crippen LogP contribution is 2.29. The van der Waals surface area contributed by atoms with Gasteiger partial charge in [-0.25, -0.2) is 0 Å². The summed E-state index contributed by atoms with van der Waals surface area (Å²) in [6.07, 6.45) is 1.91. The van der Waals surface area contributed by atoms with E-state index in [1.807, 2.05) is 6.08 Å². The van der Waals surface area contributed by atoms with Crippen molar-refractivity contribution in [3.63, 3.8) is 0 Å². The first-order valence-electron chi connectivity index (χ1n) is 6.65. The van der Waals surface area contributed by atoms with E-state index >= 15 is 0 Å². The number of carbonyl (C=O) groups excluding carboxylic acids is 1. The molecular weight excluding hydrogens is 427 g/mol. The molecule has 2 heterocycles. The Bertz CT molecular complexity index is 806. The van der Waals surface area contributed by atoms with Crippen molar-refractivity contribution >= 4 is 62.9 Å². The van der Waals surface area contributed by atoms with Crippen LogP contribution in [0.3, 0.4) is 0 Å². The van der Waals surface area contributed by atoms with Crippen molar-refractivity contribution in [1.82, 2.24) is 9.88 Å². The third-order valence-corrected chi connectivity index (χ3v) is 5.37. The summed E-state index contributed by atoms with van der Waals surface area (Å²) in [4.78, 5) is 12.5. The second kappa shape index (κ2) is 6.17. The fraction of sp³-hybridized carbons (Fsp3) is 0.125. The molecule has 0 atom stereocenters. The van der Waals surface area contributed by atoms with E-state index in [4.69, 9.17) is 12.2 Å². The van der Waals surface area contributed by atoms with E-state index in [1.54, 1.807) is 0 Å².